The molecule has 2 aliphatic heterocycles. The van der Waals surface area contributed by atoms with Gasteiger partial charge in [-0.25, -0.2) is 0 Å². The third kappa shape index (κ3) is 4.11. The Morgan fingerprint density at radius 1 is 0.967 bits per heavy atom. The van der Waals surface area contributed by atoms with E-state index in [-0.39, 0.29) is 42.0 Å². The molecule has 4 heteroatoms. The fourth-order valence-electron chi connectivity index (χ4n) is 7.13. The van der Waals surface area contributed by atoms with Gasteiger partial charge < -0.3 is 33.2 Å². The SMILES string of the molecule is CC(C)[N+]1(C(C)C)[C@@H]2CC[C@H]1CC(OC(=O)C1CCCC=C1c1ccccc1)C2.[I-]. The van der Waals surface area contributed by atoms with Gasteiger partial charge >= 0.3 is 5.97 Å². The molecule has 166 valence electrons. The summed E-state index contributed by atoms with van der Waals surface area (Å²) >= 11 is 0. The van der Waals surface area contributed by atoms with Crippen LogP contribution in [0.25, 0.3) is 5.57 Å². The molecule has 0 spiro atoms. The second kappa shape index (κ2) is 9.72. The van der Waals surface area contributed by atoms with Crippen LogP contribution in [-0.4, -0.2) is 40.7 Å². The van der Waals surface area contributed by atoms with Crippen LogP contribution in [0.2, 0.25) is 0 Å². The van der Waals surface area contributed by atoms with Gasteiger partial charge in [0, 0.05) is 25.7 Å². The number of benzene rings is 1. The highest BCUT2D eigenvalue weighted by atomic mass is 127. The van der Waals surface area contributed by atoms with Gasteiger partial charge in [0.25, 0.3) is 0 Å². The van der Waals surface area contributed by atoms with E-state index in [0.29, 0.717) is 24.2 Å². The molecule has 2 heterocycles. The molecule has 0 aromatic heterocycles. The summed E-state index contributed by atoms with van der Waals surface area (Å²) in [7, 11) is 0. The second-order valence-corrected chi connectivity index (χ2v) is 10.0. The molecule has 0 N–H and O–H groups in total. The summed E-state index contributed by atoms with van der Waals surface area (Å²) in [5.41, 5.74) is 2.35. The molecular formula is C26H38INO2. The standard InChI is InChI=1S/C26H38NO2.HI/c1-18(2)27(19(3)4)21-14-15-22(27)17-23(16-21)29-26(28)25-13-9-8-12-24(25)20-10-6-5-7-11-20;/h5-7,10-12,18-19,21-23,25H,8-9,13-17H2,1-4H3;1H/q+1;/p-1/t21-,22+,23?,25?;. The van der Waals surface area contributed by atoms with Gasteiger partial charge in [-0.05, 0) is 58.1 Å². The van der Waals surface area contributed by atoms with Crippen LogP contribution in [0.4, 0.5) is 0 Å². The van der Waals surface area contributed by atoms with Crippen molar-refractivity contribution in [1.29, 1.82) is 0 Å². The lowest BCUT2D eigenvalue weighted by atomic mass is 9.83. The first-order valence-electron chi connectivity index (χ1n) is 11.8. The Balaban J connectivity index is 0.00000256. The Bertz CT molecular complexity index is 734. The number of hydrogen-bond acceptors (Lipinski definition) is 2. The lowest BCUT2D eigenvalue weighted by Crippen LogP contribution is -3.00. The van der Waals surface area contributed by atoms with Crippen molar-refractivity contribution in [2.45, 2.75) is 103 Å². The van der Waals surface area contributed by atoms with Crippen LogP contribution in [0, 0.1) is 5.92 Å². The van der Waals surface area contributed by atoms with E-state index in [2.05, 4.69) is 58.0 Å². The van der Waals surface area contributed by atoms with Crippen molar-refractivity contribution < 1.29 is 38.0 Å². The minimum atomic E-state index is -0.0971. The Hall–Kier alpha value is -0.880. The fourth-order valence-corrected chi connectivity index (χ4v) is 7.13. The highest BCUT2D eigenvalue weighted by Crippen LogP contribution is 2.47. The molecule has 3 nitrogen and oxygen atoms in total. The van der Waals surface area contributed by atoms with Gasteiger partial charge in [-0.15, -0.1) is 0 Å². The summed E-state index contributed by atoms with van der Waals surface area (Å²) < 4.78 is 7.46. The molecular weight excluding hydrogens is 485 g/mol. The van der Waals surface area contributed by atoms with Crippen LogP contribution >= 0.6 is 0 Å². The van der Waals surface area contributed by atoms with E-state index in [4.69, 9.17) is 4.74 Å². The number of quaternary nitrogens is 1. The number of halogens is 1. The average molecular weight is 523 g/mol. The molecule has 30 heavy (non-hydrogen) atoms. The summed E-state index contributed by atoms with van der Waals surface area (Å²) in [6, 6.07) is 12.9. The number of nitrogens with zero attached hydrogens (tertiary/aromatic N) is 1. The van der Waals surface area contributed by atoms with Crippen molar-refractivity contribution in [3.05, 3.63) is 42.0 Å². The minimum Gasteiger partial charge on any atom is -1.00 e. The molecule has 1 aliphatic carbocycles. The summed E-state index contributed by atoms with van der Waals surface area (Å²) in [6.07, 6.45) is 10.1. The highest BCUT2D eigenvalue weighted by molar-refractivity contribution is 5.89. The largest absolute Gasteiger partial charge is 1.00 e. The van der Waals surface area contributed by atoms with E-state index in [1.54, 1.807) is 0 Å². The third-order valence-corrected chi connectivity index (χ3v) is 8.07. The Labute approximate surface area is 199 Å². The summed E-state index contributed by atoms with van der Waals surface area (Å²) in [6.45, 7) is 9.54. The van der Waals surface area contributed by atoms with Crippen molar-refractivity contribution in [1.82, 2.24) is 0 Å². The molecule has 4 rings (SSSR count). The molecule has 2 fully saturated rings. The Morgan fingerprint density at radius 3 is 2.13 bits per heavy atom. The number of esters is 1. The molecule has 4 atom stereocenters. The van der Waals surface area contributed by atoms with E-state index >= 15 is 0 Å². The van der Waals surface area contributed by atoms with E-state index in [9.17, 15) is 4.79 Å². The normalized spacial score (nSPS) is 30.0. The van der Waals surface area contributed by atoms with Gasteiger partial charge in [0.15, 0.2) is 0 Å². The van der Waals surface area contributed by atoms with Gasteiger partial charge in [-0.3, -0.25) is 4.79 Å². The van der Waals surface area contributed by atoms with Crippen LogP contribution in [0.5, 0.6) is 0 Å². The molecule has 0 amide bonds. The second-order valence-electron chi connectivity index (χ2n) is 10.0. The molecule has 3 aliphatic rings. The van der Waals surface area contributed by atoms with E-state index in [1.807, 2.05) is 6.07 Å². The van der Waals surface area contributed by atoms with Crippen molar-refractivity contribution in [3.8, 4) is 0 Å². The van der Waals surface area contributed by atoms with Gasteiger partial charge in [0.05, 0.1) is 30.1 Å². The summed E-state index contributed by atoms with van der Waals surface area (Å²) in [4.78, 5) is 13.2. The smallest absolute Gasteiger partial charge is 0.313 e. The number of carbonyl (C=O) groups excluding carboxylic acids is 1. The number of rotatable bonds is 5. The molecule has 0 radical (unpaired) electrons. The van der Waals surface area contributed by atoms with E-state index in [1.165, 1.54) is 28.5 Å². The maximum Gasteiger partial charge on any atom is 0.313 e. The van der Waals surface area contributed by atoms with Gasteiger partial charge in [-0.1, -0.05) is 36.4 Å². The van der Waals surface area contributed by atoms with E-state index < -0.39 is 0 Å². The first-order chi connectivity index (χ1) is 13.9. The van der Waals surface area contributed by atoms with Gasteiger partial charge in [-0.2, -0.15) is 0 Å². The number of piperidine rings is 1. The van der Waals surface area contributed by atoms with E-state index in [0.717, 1.165) is 32.1 Å². The maximum absolute atomic E-state index is 13.2. The number of allylic oxidation sites excluding steroid dienone is 1. The van der Waals surface area contributed by atoms with Crippen molar-refractivity contribution >= 4 is 11.5 Å². The van der Waals surface area contributed by atoms with Gasteiger partial charge in [0.2, 0.25) is 0 Å². The van der Waals surface area contributed by atoms with Crippen molar-refractivity contribution in [2.75, 3.05) is 0 Å². The minimum absolute atomic E-state index is 0. The predicted octanol–water partition coefficient (Wildman–Crippen LogP) is 2.74. The van der Waals surface area contributed by atoms with Crippen LogP contribution in [-0.2, 0) is 9.53 Å². The van der Waals surface area contributed by atoms with Crippen LogP contribution < -0.4 is 24.0 Å². The first kappa shape index (κ1) is 23.8. The molecule has 2 saturated heterocycles. The van der Waals surface area contributed by atoms with Gasteiger partial charge in [0.1, 0.15) is 6.10 Å². The number of carbonyl (C=O) groups is 1. The van der Waals surface area contributed by atoms with Crippen LogP contribution in [0.3, 0.4) is 0 Å². The Kier molecular flexibility index (Phi) is 7.71. The summed E-state index contributed by atoms with van der Waals surface area (Å²) in [5, 5.41) is 0. The monoisotopic (exact) mass is 523 g/mol. The zero-order valence-corrected chi connectivity index (χ0v) is 21.2. The first-order valence-corrected chi connectivity index (χ1v) is 11.8. The Morgan fingerprint density at radius 2 is 1.57 bits per heavy atom. The lowest BCUT2D eigenvalue weighted by Gasteiger charge is -2.55. The zero-order valence-electron chi connectivity index (χ0n) is 19.0. The number of hydrogen-bond donors (Lipinski definition) is 0. The van der Waals surface area contributed by atoms with Crippen LogP contribution in [0.1, 0.15) is 78.2 Å². The van der Waals surface area contributed by atoms with Crippen molar-refractivity contribution in [3.63, 3.8) is 0 Å². The number of fused-ring (bicyclic) bond motifs is 2. The maximum atomic E-state index is 13.2. The zero-order chi connectivity index (χ0) is 20.6. The molecule has 1 aromatic carbocycles. The summed E-state index contributed by atoms with van der Waals surface area (Å²) in [5.74, 6) is -0.0847. The topological polar surface area (TPSA) is 26.3 Å². The fraction of sp³-hybridized carbons (Fsp3) is 0.654. The van der Waals surface area contributed by atoms with Crippen molar-refractivity contribution in [2.24, 2.45) is 5.92 Å². The molecule has 2 bridgehead atoms. The molecule has 0 saturated carbocycles. The number of ether oxygens (including phenoxy) is 1. The molecule has 1 aromatic rings. The quantitative estimate of drug-likeness (QED) is 0.337. The molecule has 2 unspecified atom stereocenters. The highest BCUT2D eigenvalue weighted by Gasteiger charge is 2.57. The predicted molar refractivity (Wildman–Crippen MR) is 118 cm³/mol. The van der Waals surface area contributed by atoms with Crippen LogP contribution in [0.15, 0.2) is 36.4 Å². The third-order valence-electron chi connectivity index (χ3n) is 8.07. The lowest BCUT2D eigenvalue weighted by molar-refractivity contribution is -1.00. The average Bonchev–Trinajstić information content (AvgIpc) is 2.94.